The molecule has 4 rings (SSSR count). The number of nitrogens with one attached hydrogen (secondary N) is 1. The van der Waals surface area contributed by atoms with Crippen LogP contribution < -0.4 is 10.1 Å². The van der Waals surface area contributed by atoms with Crippen molar-refractivity contribution in [1.82, 2.24) is 20.0 Å². The SMILES string of the molecule is CCOc1ccc(C(=O)N2CCC(NC(=O)c3cnn(-c4ccc(C)cc4)c3C(C)C)CC2)cc1. The zero-order valence-electron chi connectivity index (χ0n) is 21.0. The number of ether oxygens (including phenoxy) is 1. The first-order chi connectivity index (χ1) is 16.9. The fourth-order valence-corrected chi connectivity index (χ4v) is 4.51. The van der Waals surface area contributed by atoms with Gasteiger partial charge in [-0.2, -0.15) is 5.10 Å². The summed E-state index contributed by atoms with van der Waals surface area (Å²) in [6, 6.07) is 15.4. The van der Waals surface area contributed by atoms with Gasteiger partial charge in [0.15, 0.2) is 0 Å². The summed E-state index contributed by atoms with van der Waals surface area (Å²) in [6.45, 7) is 9.94. The predicted octanol–water partition coefficient (Wildman–Crippen LogP) is 4.74. The molecule has 1 aliphatic rings. The van der Waals surface area contributed by atoms with Gasteiger partial charge >= 0.3 is 0 Å². The van der Waals surface area contributed by atoms with Crippen LogP contribution in [0.25, 0.3) is 5.69 Å². The molecule has 0 atom stereocenters. The van der Waals surface area contributed by atoms with Crippen molar-refractivity contribution >= 4 is 11.8 Å². The molecular formula is C28H34N4O3. The van der Waals surface area contributed by atoms with E-state index in [0.29, 0.717) is 30.8 Å². The predicted molar refractivity (Wildman–Crippen MR) is 136 cm³/mol. The molecular weight excluding hydrogens is 440 g/mol. The summed E-state index contributed by atoms with van der Waals surface area (Å²) < 4.78 is 7.32. The number of nitrogens with zero attached hydrogens (tertiary/aromatic N) is 3. The summed E-state index contributed by atoms with van der Waals surface area (Å²) in [6.07, 6.45) is 3.10. The van der Waals surface area contributed by atoms with Gasteiger partial charge in [0.05, 0.1) is 29.7 Å². The van der Waals surface area contributed by atoms with Crippen LogP contribution >= 0.6 is 0 Å². The zero-order valence-corrected chi connectivity index (χ0v) is 21.0. The van der Waals surface area contributed by atoms with E-state index in [-0.39, 0.29) is 23.8 Å². The third kappa shape index (κ3) is 5.56. The molecule has 0 bridgehead atoms. The lowest BCUT2D eigenvalue weighted by Crippen LogP contribution is -2.46. The number of rotatable bonds is 7. The van der Waals surface area contributed by atoms with Gasteiger partial charge in [-0.25, -0.2) is 4.68 Å². The second kappa shape index (κ2) is 10.8. The normalized spacial score (nSPS) is 14.3. The van der Waals surface area contributed by atoms with Crippen LogP contribution in [0.15, 0.2) is 54.7 Å². The van der Waals surface area contributed by atoms with E-state index >= 15 is 0 Å². The molecule has 0 aliphatic carbocycles. The molecule has 0 unspecified atom stereocenters. The first-order valence-corrected chi connectivity index (χ1v) is 12.3. The lowest BCUT2D eigenvalue weighted by atomic mass is 10.0. The van der Waals surface area contributed by atoms with E-state index in [9.17, 15) is 9.59 Å². The van der Waals surface area contributed by atoms with Gasteiger partial charge in [-0.3, -0.25) is 9.59 Å². The molecule has 1 fully saturated rings. The molecule has 1 N–H and O–H groups in total. The van der Waals surface area contributed by atoms with Gasteiger partial charge < -0.3 is 15.0 Å². The van der Waals surface area contributed by atoms with Crippen LogP contribution in [0.1, 0.15) is 71.5 Å². The molecule has 2 amide bonds. The van der Waals surface area contributed by atoms with Crippen molar-refractivity contribution in [2.75, 3.05) is 19.7 Å². The summed E-state index contributed by atoms with van der Waals surface area (Å²) in [5, 5.41) is 7.71. The van der Waals surface area contributed by atoms with Crippen molar-refractivity contribution in [2.24, 2.45) is 0 Å². The Morgan fingerprint density at radius 3 is 2.31 bits per heavy atom. The van der Waals surface area contributed by atoms with Crippen LogP contribution in [0.4, 0.5) is 0 Å². The Bertz CT molecular complexity index is 1160. The molecule has 1 aromatic heterocycles. The number of likely N-dealkylation sites (tertiary alicyclic amines) is 1. The average molecular weight is 475 g/mol. The van der Waals surface area contributed by atoms with Crippen LogP contribution in [-0.2, 0) is 0 Å². The van der Waals surface area contributed by atoms with E-state index in [1.165, 1.54) is 5.56 Å². The molecule has 0 radical (unpaired) electrons. The van der Waals surface area contributed by atoms with Crippen LogP contribution in [-0.4, -0.2) is 52.2 Å². The largest absolute Gasteiger partial charge is 0.494 e. The van der Waals surface area contributed by atoms with E-state index < -0.39 is 0 Å². The van der Waals surface area contributed by atoms with Crippen LogP contribution in [0.5, 0.6) is 5.75 Å². The molecule has 2 aromatic carbocycles. The van der Waals surface area contributed by atoms with Crippen LogP contribution in [0.2, 0.25) is 0 Å². The summed E-state index contributed by atoms with van der Waals surface area (Å²) in [7, 11) is 0. The second-order valence-corrected chi connectivity index (χ2v) is 9.34. The van der Waals surface area contributed by atoms with E-state index in [2.05, 4.69) is 24.3 Å². The smallest absolute Gasteiger partial charge is 0.255 e. The maximum absolute atomic E-state index is 13.2. The van der Waals surface area contributed by atoms with Gasteiger partial charge in [-0.05, 0) is 69.0 Å². The van der Waals surface area contributed by atoms with Crippen molar-refractivity contribution in [1.29, 1.82) is 0 Å². The topological polar surface area (TPSA) is 76.5 Å². The highest BCUT2D eigenvalue weighted by Gasteiger charge is 2.27. The molecule has 0 saturated carbocycles. The van der Waals surface area contributed by atoms with E-state index in [1.807, 2.05) is 59.8 Å². The quantitative estimate of drug-likeness (QED) is 0.537. The molecule has 184 valence electrons. The lowest BCUT2D eigenvalue weighted by Gasteiger charge is -2.32. The zero-order chi connectivity index (χ0) is 24.9. The summed E-state index contributed by atoms with van der Waals surface area (Å²) in [5.74, 6) is 0.799. The van der Waals surface area contributed by atoms with Crippen molar-refractivity contribution in [3.63, 3.8) is 0 Å². The van der Waals surface area contributed by atoms with Gasteiger partial charge in [0.25, 0.3) is 11.8 Å². The van der Waals surface area contributed by atoms with Crippen molar-refractivity contribution in [2.45, 2.75) is 52.5 Å². The molecule has 3 aromatic rings. The third-order valence-electron chi connectivity index (χ3n) is 6.41. The number of aromatic nitrogens is 2. The van der Waals surface area contributed by atoms with E-state index in [1.54, 1.807) is 18.3 Å². The second-order valence-electron chi connectivity index (χ2n) is 9.34. The summed E-state index contributed by atoms with van der Waals surface area (Å²) in [5.41, 5.74) is 4.28. The van der Waals surface area contributed by atoms with Gasteiger partial charge in [0.1, 0.15) is 5.75 Å². The number of aryl methyl sites for hydroxylation is 1. The number of piperidine rings is 1. The highest BCUT2D eigenvalue weighted by molar-refractivity contribution is 5.96. The monoisotopic (exact) mass is 474 g/mol. The molecule has 7 nitrogen and oxygen atoms in total. The number of carbonyl (C=O) groups excluding carboxylic acids is 2. The molecule has 35 heavy (non-hydrogen) atoms. The van der Waals surface area contributed by atoms with Gasteiger partial charge in [0, 0.05) is 24.7 Å². The first kappa shape index (κ1) is 24.5. The third-order valence-corrected chi connectivity index (χ3v) is 6.41. The van der Waals surface area contributed by atoms with Crippen molar-refractivity contribution < 1.29 is 14.3 Å². The molecule has 1 saturated heterocycles. The Kier molecular flexibility index (Phi) is 7.54. The fraction of sp³-hybridized carbons (Fsp3) is 0.393. The maximum atomic E-state index is 13.2. The minimum absolute atomic E-state index is 0.0132. The minimum atomic E-state index is -0.108. The summed E-state index contributed by atoms with van der Waals surface area (Å²) >= 11 is 0. The fourth-order valence-electron chi connectivity index (χ4n) is 4.51. The number of benzene rings is 2. The standard InChI is InChI=1S/C28H34N4O3/c1-5-35-24-12-8-21(9-13-24)28(34)31-16-14-22(15-17-31)30-27(33)25-18-29-32(26(25)19(2)3)23-10-6-20(4)7-11-23/h6-13,18-19,22H,5,14-17H2,1-4H3,(H,30,33). The Hall–Kier alpha value is -3.61. The Morgan fingerprint density at radius 2 is 1.71 bits per heavy atom. The highest BCUT2D eigenvalue weighted by Crippen LogP contribution is 2.24. The molecule has 2 heterocycles. The number of carbonyl (C=O) groups is 2. The number of amides is 2. The highest BCUT2D eigenvalue weighted by atomic mass is 16.5. The van der Waals surface area contributed by atoms with Gasteiger partial charge in [-0.15, -0.1) is 0 Å². The number of hydrogen-bond donors (Lipinski definition) is 1. The Balaban J connectivity index is 1.38. The number of hydrogen-bond acceptors (Lipinski definition) is 4. The molecule has 0 spiro atoms. The van der Waals surface area contributed by atoms with Crippen LogP contribution in [0.3, 0.4) is 0 Å². The van der Waals surface area contributed by atoms with E-state index in [4.69, 9.17) is 4.74 Å². The van der Waals surface area contributed by atoms with Crippen molar-refractivity contribution in [3.05, 3.63) is 77.1 Å². The van der Waals surface area contributed by atoms with E-state index in [0.717, 1.165) is 30.0 Å². The lowest BCUT2D eigenvalue weighted by molar-refractivity contribution is 0.0698. The first-order valence-electron chi connectivity index (χ1n) is 12.3. The van der Waals surface area contributed by atoms with Gasteiger partial charge in [0.2, 0.25) is 0 Å². The maximum Gasteiger partial charge on any atom is 0.255 e. The molecule has 7 heteroatoms. The van der Waals surface area contributed by atoms with Crippen molar-refractivity contribution in [3.8, 4) is 11.4 Å². The summed E-state index contributed by atoms with van der Waals surface area (Å²) in [4.78, 5) is 27.9. The molecule has 1 aliphatic heterocycles. The van der Waals surface area contributed by atoms with Gasteiger partial charge in [-0.1, -0.05) is 31.5 Å². The average Bonchev–Trinajstić information content (AvgIpc) is 3.31. The van der Waals surface area contributed by atoms with Crippen LogP contribution in [0, 0.1) is 6.92 Å². The Labute approximate surface area is 207 Å². The minimum Gasteiger partial charge on any atom is -0.494 e. The Morgan fingerprint density at radius 1 is 1.06 bits per heavy atom.